The molecular formula is C34H36F6N4. The summed E-state index contributed by atoms with van der Waals surface area (Å²) in [6, 6.07) is 10.1. The topological polar surface area (TPSA) is 36.9 Å². The largest absolute Gasteiger partial charge is 0.416 e. The van der Waals surface area contributed by atoms with E-state index in [1.807, 2.05) is 61.7 Å². The fraction of sp³-hybridized carbons (Fsp3) is 0.382. The molecule has 3 heterocycles. The number of alkyl halides is 6. The van der Waals surface area contributed by atoms with Crippen LogP contribution in [0.1, 0.15) is 90.6 Å². The molecule has 44 heavy (non-hydrogen) atoms. The van der Waals surface area contributed by atoms with Crippen molar-refractivity contribution in [3.63, 3.8) is 0 Å². The van der Waals surface area contributed by atoms with E-state index in [0.29, 0.717) is 0 Å². The van der Waals surface area contributed by atoms with E-state index in [1.54, 1.807) is 0 Å². The molecule has 4 nitrogen and oxygen atoms in total. The van der Waals surface area contributed by atoms with Gasteiger partial charge in [-0.2, -0.15) is 31.4 Å². The summed E-state index contributed by atoms with van der Waals surface area (Å²) in [5.41, 5.74) is 4.99. The molecular weight excluding hydrogens is 578 g/mol. The van der Waals surface area contributed by atoms with Crippen LogP contribution in [0.3, 0.4) is 0 Å². The number of fused-ring (bicyclic) bond motifs is 1. The number of H-pyrrole nitrogens is 1. The second-order valence-electron chi connectivity index (χ2n) is 11.7. The van der Waals surface area contributed by atoms with Gasteiger partial charge in [-0.25, -0.2) is 4.68 Å². The summed E-state index contributed by atoms with van der Waals surface area (Å²) in [5, 5.41) is 5.20. The lowest BCUT2D eigenvalue weighted by Gasteiger charge is -2.33. The monoisotopic (exact) mass is 614 g/mol. The molecule has 1 aliphatic heterocycles. The summed E-state index contributed by atoms with van der Waals surface area (Å²) in [6.07, 6.45) is -4.37. The Morgan fingerprint density at radius 3 is 2.14 bits per heavy atom. The van der Waals surface area contributed by atoms with E-state index in [2.05, 4.69) is 31.0 Å². The lowest BCUT2D eigenvalue weighted by Crippen LogP contribution is -2.36. The van der Waals surface area contributed by atoms with Crippen molar-refractivity contribution in [2.75, 3.05) is 0 Å². The number of halogens is 6. The van der Waals surface area contributed by atoms with E-state index in [-0.39, 0.29) is 24.7 Å². The first kappa shape index (κ1) is 31.6. The van der Waals surface area contributed by atoms with E-state index in [1.165, 1.54) is 0 Å². The quantitative estimate of drug-likeness (QED) is 0.211. The maximum absolute atomic E-state index is 14.1. The highest BCUT2D eigenvalue weighted by atomic mass is 19.4. The van der Waals surface area contributed by atoms with Gasteiger partial charge in [-0.3, -0.25) is 4.90 Å². The van der Waals surface area contributed by atoms with Crippen LogP contribution in [0.4, 0.5) is 26.3 Å². The Morgan fingerprint density at radius 2 is 1.61 bits per heavy atom. The number of para-hydroxylation sites is 1. The van der Waals surface area contributed by atoms with Gasteiger partial charge in [0.15, 0.2) is 0 Å². The Hall–Kier alpha value is -3.79. The minimum absolute atomic E-state index is 0.199. The highest BCUT2D eigenvalue weighted by Gasteiger charge is 2.45. The second-order valence-corrected chi connectivity index (χ2v) is 11.7. The second kappa shape index (κ2) is 11.3. The Balaban J connectivity index is 1.69. The molecule has 0 saturated heterocycles. The average molecular weight is 615 g/mol. The first-order chi connectivity index (χ1) is 20.6. The Morgan fingerprint density at radius 1 is 0.955 bits per heavy atom. The van der Waals surface area contributed by atoms with Crippen molar-refractivity contribution in [1.82, 2.24) is 19.7 Å². The fourth-order valence-corrected chi connectivity index (χ4v) is 6.33. The van der Waals surface area contributed by atoms with Gasteiger partial charge in [-0.05, 0) is 75.4 Å². The minimum Gasteiger partial charge on any atom is -0.365 e. The van der Waals surface area contributed by atoms with Crippen molar-refractivity contribution < 1.29 is 26.3 Å². The molecule has 0 spiro atoms. The normalized spacial score (nSPS) is 15.7. The first-order valence-corrected chi connectivity index (χ1v) is 14.7. The number of aromatic nitrogens is 3. The standard InChI is InChI=1S/C34H36F6N4/c1-7-21-11-10-12-22(8-2)29(21)44-30(25(9-3)26-15-16-41-20(26)4)27-19-43(32(5,6)31(27)42-44)18-23-13-14-24(33(35,36)37)17-28(23)34(38,39)40/h9-17,41H,7-8,18-19H2,1-6H3/b25-9+. The third-order valence-electron chi connectivity index (χ3n) is 8.77. The van der Waals surface area contributed by atoms with Crippen molar-refractivity contribution in [3.8, 4) is 5.69 Å². The highest BCUT2D eigenvalue weighted by Crippen LogP contribution is 2.46. The maximum Gasteiger partial charge on any atom is 0.416 e. The van der Waals surface area contributed by atoms with Crippen LogP contribution >= 0.6 is 0 Å². The molecule has 4 aromatic rings. The van der Waals surface area contributed by atoms with Crippen molar-refractivity contribution in [2.24, 2.45) is 0 Å². The van der Waals surface area contributed by atoms with Gasteiger partial charge in [0.05, 0.1) is 33.7 Å². The Bertz CT molecular complexity index is 1700. The number of nitrogens with one attached hydrogen (secondary N) is 1. The zero-order chi connectivity index (χ0) is 32.2. The van der Waals surface area contributed by atoms with Crippen LogP contribution in [0.25, 0.3) is 11.3 Å². The van der Waals surface area contributed by atoms with E-state index in [4.69, 9.17) is 5.10 Å². The van der Waals surface area contributed by atoms with Crippen LogP contribution in [0.5, 0.6) is 0 Å². The number of hydrogen-bond acceptors (Lipinski definition) is 2. The van der Waals surface area contributed by atoms with Gasteiger partial charge in [0, 0.05) is 41.7 Å². The molecule has 2 aromatic heterocycles. The van der Waals surface area contributed by atoms with Crippen LogP contribution < -0.4 is 0 Å². The first-order valence-electron chi connectivity index (χ1n) is 14.7. The van der Waals surface area contributed by atoms with Crippen LogP contribution in [0, 0.1) is 6.92 Å². The van der Waals surface area contributed by atoms with Crippen LogP contribution in [-0.2, 0) is 43.8 Å². The maximum atomic E-state index is 14.1. The lowest BCUT2D eigenvalue weighted by atomic mass is 9.95. The summed E-state index contributed by atoms with van der Waals surface area (Å²) in [4.78, 5) is 5.10. The van der Waals surface area contributed by atoms with Crippen molar-refractivity contribution >= 4 is 5.57 Å². The van der Waals surface area contributed by atoms with Crippen LogP contribution in [0.2, 0.25) is 0 Å². The molecule has 10 heteroatoms. The Kier molecular flexibility index (Phi) is 8.12. The molecule has 0 aliphatic carbocycles. The van der Waals surface area contributed by atoms with Gasteiger partial charge in [-0.15, -0.1) is 0 Å². The zero-order valence-electron chi connectivity index (χ0n) is 25.6. The van der Waals surface area contributed by atoms with Gasteiger partial charge in [-0.1, -0.05) is 44.2 Å². The number of allylic oxidation sites excluding steroid dienone is 1. The van der Waals surface area contributed by atoms with Gasteiger partial charge in [0.25, 0.3) is 0 Å². The van der Waals surface area contributed by atoms with Gasteiger partial charge < -0.3 is 4.98 Å². The third kappa shape index (κ3) is 5.38. The molecule has 0 amide bonds. The molecule has 0 fully saturated rings. The summed E-state index contributed by atoms with van der Waals surface area (Å²) in [6.45, 7) is 12.0. The number of nitrogens with zero attached hydrogens (tertiary/aromatic N) is 3. The molecule has 2 aromatic carbocycles. The predicted octanol–water partition coefficient (Wildman–Crippen LogP) is 9.37. The SMILES string of the molecule is C/C=C(\c1cc[nH]c1C)c1c2c(nn1-c1c(CC)cccc1CC)C(C)(C)N(Cc1ccc(C(F)(F)F)cc1C(F)(F)F)C2. The summed E-state index contributed by atoms with van der Waals surface area (Å²) in [7, 11) is 0. The molecule has 1 aliphatic rings. The molecule has 5 rings (SSSR count). The van der Waals surface area contributed by atoms with Crippen molar-refractivity contribution in [3.05, 3.63) is 111 Å². The van der Waals surface area contributed by atoms with E-state index >= 15 is 0 Å². The molecule has 0 radical (unpaired) electrons. The average Bonchev–Trinajstić information content (AvgIpc) is 3.62. The molecule has 0 saturated carbocycles. The third-order valence-corrected chi connectivity index (χ3v) is 8.77. The fourth-order valence-electron chi connectivity index (χ4n) is 6.33. The Labute approximate surface area is 253 Å². The molecule has 0 atom stereocenters. The van der Waals surface area contributed by atoms with Gasteiger partial charge in [0.2, 0.25) is 0 Å². The van der Waals surface area contributed by atoms with Gasteiger partial charge in [0.1, 0.15) is 0 Å². The number of hydrogen-bond donors (Lipinski definition) is 1. The van der Waals surface area contributed by atoms with E-state index in [0.717, 1.165) is 75.6 Å². The highest BCUT2D eigenvalue weighted by molar-refractivity contribution is 5.82. The minimum atomic E-state index is -4.95. The zero-order valence-corrected chi connectivity index (χ0v) is 25.6. The van der Waals surface area contributed by atoms with E-state index in [9.17, 15) is 26.3 Å². The molecule has 1 N–H and O–H groups in total. The summed E-state index contributed by atoms with van der Waals surface area (Å²) < 4.78 is 84.2. The van der Waals surface area contributed by atoms with E-state index < -0.39 is 29.0 Å². The van der Waals surface area contributed by atoms with Crippen molar-refractivity contribution in [2.45, 2.75) is 85.4 Å². The number of rotatable bonds is 7. The molecule has 0 bridgehead atoms. The number of aryl methyl sites for hydroxylation is 3. The summed E-state index contributed by atoms with van der Waals surface area (Å²) in [5.74, 6) is 0. The van der Waals surface area contributed by atoms with Crippen LogP contribution in [-0.4, -0.2) is 19.7 Å². The number of benzene rings is 2. The van der Waals surface area contributed by atoms with Crippen molar-refractivity contribution in [1.29, 1.82) is 0 Å². The summed E-state index contributed by atoms with van der Waals surface area (Å²) >= 11 is 0. The smallest absolute Gasteiger partial charge is 0.365 e. The number of aromatic amines is 1. The lowest BCUT2D eigenvalue weighted by molar-refractivity contribution is -0.143. The van der Waals surface area contributed by atoms with Crippen LogP contribution in [0.15, 0.2) is 54.7 Å². The predicted molar refractivity (Wildman–Crippen MR) is 159 cm³/mol. The molecule has 234 valence electrons. The van der Waals surface area contributed by atoms with Gasteiger partial charge >= 0.3 is 12.4 Å². The molecule has 0 unspecified atom stereocenters.